The molecule has 0 aliphatic heterocycles. The van der Waals surface area contributed by atoms with Crippen molar-refractivity contribution in [3.8, 4) is 5.75 Å². The Balaban J connectivity index is 0.00000338. The summed E-state index contributed by atoms with van der Waals surface area (Å²) in [6.07, 6.45) is 2.83. The number of aliphatic imine (C=N–C) groups is 1. The SMILES string of the molecule is CN=C(NCCc1ncc(C)s1)N(C)CCOc1cc(C)cc(C)c1.I. The summed E-state index contributed by atoms with van der Waals surface area (Å²) in [5.41, 5.74) is 2.44. The molecule has 0 saturated carbocycles. The molecular weight excluding hydrogens is 459 g/mol. The smallest absolute Gasteiger partial charge is 0.193 e. The Kier molecular flexibility index (Phi) is 9.93. The van der Waals surface area contributed by atoms with Crippen molar-refractivity contribution in [3.05, 3.63) is 45.4 Å². The summed E-state index contributed by atoms with van der Waals surface area (Å²) in [7, 11) is 3.82. The molecule has 0 amide bonds. The third-order valence-electron chi connectivity index (χ3n) is 3.76. The summed E-state index contributed by atoms with van der Waals surface area (Å²) in [6.45, 7) is 8.46. The third-order valence-corrected chi connectivity index (χ3v) is 4.73. The van der Waals surface area contributed by atoms with Crippen molar-refractivity contribution >= 4 is 41.3 Å². The average molecular weight is 488 g/mol. The number of nitrogens with zero attached hydrogens (tertiary/aromatic N) is 3. The fraction of sp³-hybridized carbons (Fsp3) is 0.474. The number of rotatable bonds is 7. The van der Waals surface area contributed by atoms with Crippen LogP contribution in [0.15, 0.2) is 29.4 Å². The zero-order chi connectivity index (χ0) is 18.2. The Morgan fingerprint density at radius 3 is 2.50 bits per heavy atom. The number of aromatic nitrogens is 1. The van der Waals surface area contributed by atoms with Crippen LogP contribution in [0.2, 0.25) is 0 Å². The van der Waals surface area contributed by atoms with Crippen LogP contribution in [0.3, 0.4) is 0 Å². The van der Waals surface area contributed by atoms with Gasteiger partial charge in [0.05, 0.1) is 11.6 Å². The zero-order valence-corrected chi connectivity index (χ0v) is 19.4. The highest BCUT2D eigenvalue weighted by atomic mass is 127. The molecule has 7 heteroatoms. The molecule has 0 fully saturated rings. The number of ether oxygens (including phenoxy) is 1. The van der Waals surface area contributed by atoms with Crippen LogP contribution >= 0.6 is 35.3 Å². The van der Waals surface area contributed by atoms with Gasteiger partial charge in [0.2, 0.25) is 0 Å². The van der Waals surface area contributed by atoms with Gasteiger partial charge in [-0.3, -0.25) is 4.99 Å². The second-order valence-electron chi connectivity index (χ2n) is 6.18. The van der Waals surface area contributed by atoms with Gasteiger partial charge in [0.1, 0.15) is 12.4 Å². The molecule has 0 aliphatic rings. The molecule has 1 aromatic heterocycles. The molecule has 2 aromatic rings. The Labute approximate surface area is 177 Å². The fourth-order valence-electron chi connectivity index (χ4n) is 2.61. The molecule has 0 aliphatic carbocycles. The first kappa shape index (κ1) is 22.7. The number of likely N-dealkylation sites (N-methyl/N-ethyl adjacent to an activating group) is 1. The predicted octanol–water partition coefficient (Wildman–Crippen LogP) is 3.82. The van der Waals surface area contributed by atoms with Gasteiger partial charge in [-0.1, -0.05) is 6.07 Å². The summed E-state index contributed by atoms with van der Waals surface area (Å²) in [4.78, 5) is 12.1. The van der Waals surface area contributed by atoms with Crippen molar-refractivity contribution in [2.45, 2.75) is 27.2 Å². The summed E-state index contributed by atoms with van der Waals surface area (Å²) < 4.78 is 5.88. The van der Waals surface area contributed by atoms with Crippen LogP contribution in [0.4, 0.5) is 0 Å². The second kappa shape index (κ2) is 11.4. The molecule has 1 aromatic carbocycles. The number of aryl methyl sites for hydroxylation is 3. The predicted molar refractivity (Wildman–Crippen MR) is 121 cm³/mol. The minimum Gasteiger partial charge on any atom is -0.492 e. The molecule has 2 rings (SSSR count). The number of benzene rings is 1. The molecule has 26 heavy (non-hydrogen) atoms. The molecule has 1 N–H and O–H groups in total. The van der Waals surface area contributed by atoms with Gasteiger partial charge in [0.25, 0.3) is 0 Å². The minimum absolute atomic E-state index is 0. The van der Waals surface area contributed by atoms with E-state index in [1.54, 1.807) is 18.4 Å². The van der Waals surface area contributed by atoms with E-state index in [9.17, 15) is 0 Å². The van der Waals surface area contributed by atoms with Crippen LogP contribution in [0, 0.1) is 20.8 Å². The number of nitrogens with one attached hydrogen (secondary N) is 1. The van der Waals surface area contributed by atoms with E-state index in [0.29, 0.717) is 6.61 Å². The highest BCUT2D eigenvalue weighted by molar-refractivity contribution is 14.0. The largest absolute Gasteiger partial charge is 0.492 e. The first-order chi connectivity index (χ1) is 12.0. The Morgan fingerprint density at radius 2 is 1.92 bits per heavy atom. The summed E-state index contributed by atoms with van der Waals surface area (Å²) in [5.74, 6) is 1.80. The van der Waals surface area contributed by atoms with Gasteiger partial charge in [-0.05, 0) is 44.0 Å². The molecule has 1 heterocycles. The highest BCUT2D eigenvalue weighted by Gasteiger charge is 2.07. The van der Waals surface area contributed by atoms with Crippen LogP contribution in [0.25, 0.3) is 0 Å². The van der Waals surface area contributed by atoms with E-state index >= 15 is 0 Å². The van der Waals surface area contributed by atoms with Gasteiger partial charge in [0.15, 0.2) is 5.96 Å². The third kappa shape index (κ3) is 7.49. The monoisotopic (exact) mass is 488 g/mol. The summed E-state index contributed by atoms with van der Waals surface area (Å²) >= 11 is 1.74. The van der Waals surface area contributed by atoms with E-state index in [4.69, 9.17) is 4.74 Å². The second-order valence-corrected chi connectivity index (χ2v) is 7.50. The highest BCUT2D eigenvalue weighted by Crippen LogP contribution is 2.16. The molecule has 5 nitrogen and oxygen atoms in total. The lowest BCUT2D eigenvalue weighted by molar-refractivity contribution is 0.281. The number of thiazole rings is 1. The van der Waals surface area contributed by atoms with E-state index in [1.165, 1.54) is 16.0 Å². The van der Waals surface area contributed by atoms with Gasteiger partial charge >= 0.3 is 0 Å². The van der Waals surface area contributed by atoms with Crippen molar-refractivity contribution in [2.75, 3.05) is 33.8 Å². The van der Waals surface area contributed by atoms with Crippen LogP contribution in [-0.2, 0) is 6.42 Å². The van der Waals surface area contributed by atoms with E-state index in [1.807, 2.05) is 13.2 Å². The van der Waals surface area contributed by atoms with E-state index in [-0.39, 0.29) is 24.0 Å². The van der Waals surface area contributed by atoms with Crippen LogP contribution in [-0.4, -0.2) is 49.6 Å². The molecule has 0 saturated heterocycles. The molecule has 0 unspecified atom stereocenters. The van der Waals surface area contributed by atoms with Crippen LogP contribution < -0.4 is 10.1 Å². The minimum atomic E-state index is 0. The zero-order valence-electron chi connectivity index (χ0n) is 16.2. The van der Waals surface area contributed by atoms with Gasteiger partial charge in [0, 0.05) is 38.1 Å². The normalized spacial score (nSPS) is 11.0. The molecule has 0 spiro atoms. The maximum absolute atomic E-state index is 5.88. The van der Waals surface area contributed by atoms with Crippen molar-refractivity contribution in [2.24, 2.45) is 4.99 Å². The number of halogens is 1. The maximum Gasteiger partial charge on any atom is 0.193 e. The van der Waals surface area contributed by atoms with Crippen molar-refractivity contribution in [1.82, 2.24) is 15.2 Å². The van der Waals surface area contributed by atoms with Gasteiger partial charge in [-0.15, -0.1) is 35.3 Å². The standard InChI is InChI=1S/C19H28N4OS.HI/c1-14-10-15(2)12-17(11-14)24-9-8-23(5)19(20-4)21-7-6-18-22-13-16(3)25-18;/h10-13H,6-9H2,1-5H3,(H,20,21);1H. The lowest BCUT2D eigenvalue weighted by atomic mass is 10.1. The number of hydrogen-bond donors (Lipinski definition) is 1. The first-order valence-corrected chi connectivity index (χ1v) is 9.34. The average Bonchev–Trinajstić information content (AvgIpc) is 2.96. The van der Waals surface area contributed by atoms with Crippen LogP contribution in [0.1, 0.15) is 21.0 Å². The fourth-order valence-corrected chi connectivity index (χ4v) is 3.39. The van der Waals surface area contributed by atoms with E-state index in [0.717, 1.165) is 36.2 Å². The quantitative estimate of drug-likeness (QED) is 0.366. The number of hydrogen-bond acceptors (Lipinski definition) is 4. The maximum atomic E-state index is 5.88. The van der Waals surface area contributed by atoms with E-state index in [2.05, 4.69) is 59.2 Å². The summed E-state index contributed by atoms with van der Waals surface area (Å²) in [5, 5.41) is 4.53. The van der Waals surface area contributed by atoms with Crippen LogP contribution in [0.5, 0.6) is 5.75 Å². The van der Waals surface area contributed by atoms with Gasteiger partial charge in [-0.2, -0.15) is 0 Å². The van der Waals surface area contributed by atoms with Crippen molar-refractivity contribution < 1.29 is 4.74 Å². The molecule has 0 atom stereocenters. The molecule has 144 valence electrons. The van der Waals surface area contributed by atoms with E-state index < -0.39 is 0 Å². The van der Waals surface area contributed by atoms with Gasteiger partial charge in [-0.25, -0.2) is 4.98 Å². The lowest BCUT2D eigenvalue weighted by Crippen LogP contribution is -2.41. The topological polar surface area (TPSA) is 49.8 Å². The van der Waals surface area contributed by atoms with Crippen molar-refractivity contribution in [3.63, 3.8) is 0 Å². The lowest BCUT2D eigenvalue weighted by Gasteiger charge is -2.22. The van der Waals surface area contributed by atoms with Gasteiger partial charge < -0.3 is 15.0 Å². The summed E-state index contributed by atoms with van der Waals surface area (Å²) in [6, 6.07) is 6.28. The molecular formula is C19H29IN4OS. The molecule has 0 bridgehead atoms. The Morgan fingerprint density at radius 1 is 1.23 bits per heavy atom. The number of guanidine groups is 1. The first-order valence-electron chi connectivity index (χ1n) is 8.52. The Bertz CT molecular complexity index is 697. The van der Waals surface area contributed by atoms with Crippen molar-refractivity contribution in [1.29, 1.82) is 0 Å². The molecule has 0 radical (unpaired) electrons. The Hall–Kier alpha value is -1.35.